The van der Waals surface area contributed by atoms with Gasteiger partial charge in [0, 0.05) is 17.8 Å². The molecule has 4 aromatic carbocycles. The van der Waals surface area contributed by atoms with Crippen molar-refractivity contribution in [3.63, 3.8) is 0 Å². The van der Waals surface area contributed by atoms with Crippen molar-refractivity contribution in [1.29, 1.82) is 0 Å². The van der Waals surface area contributed by atoms with E-state index in [1.54, 1.807) is 54.6 Å². The van der Waals surface area contributed by atoms with Gasteiger partial charge in [0.05, 0.1) is 42.4 Å². The molecule has 4 aromatic rings. The van der Waals surface area contributed by atoms with Gasteiger partial charge < -0.3 is 24.8 Å². The summed E-state index contributed by atoms with van der Waals surface area (Å²) in [5, 5.41) is 16.7. The molecule has 0 aliphatic carbocycles. The van der Waals surface area contributed by atoms with Gasteiger partial charge in [-0.1, -0.05) is 30.3 Å². The van der Waals surface area contributed by atoms with Gasteiger partial charge in [-0.2, -0.15) is 0 Å². The van der Waals surface area contributed by atoms with Gasteiger partial charge in [-0.3, -0.25) is 24.5 Å². The van der Waals surface area contributed by atoms with Crippen LogP contribution in [0.15, 0.2) is 91.0 Å². The Bertz CT molecular complexity index is 1600. The van der Waals surface area contributed by atoms with Gasteiger partial charge in [0.25, 0.3) is 11.6 Å². The highest BCUT2D eigenvalue weighted by Gasteiger charge is 2.21. The van der Waals surface area contributed by atoms with E-state index in [2.05, 4.69) is 10.6 Å². The van der Waals surface area contributed by atoms with Crippen LogP contribution >= 0.6 is 0 Å². The molecule has 0 saturated heterocycles. The first-order valence-electron chi connectivity index (χ1n) is 12.3. The maximum absolute atomic E-state index is 13.3. The number of non-ortho nitro benzene ring substituents is 1. The average Bonchev–Trinajstić information content (AvgIpc) is 2.97. The normalized spacial score (nSPS) is 10.3. The molecule has 2 amide bonds. The second-order valence-corrected chi connectivity index (χ2v) is 8.57. The summed E-state index contributed by atoms with van der Waals surface area (Å²) >= 11 is 0. The molecule has 0 atom stereocenters. The molecule has 4 rings (SSSR count). The van der Waals surface area contributed by atoms with Crippen molar-refractivity contribution in [2.24, 2.45) is 0 Å². The van der Waals surface area contributed by atoms with E-state index >= 15 is 0 Å². The number of benzene rings is 4. The fourth-order valence-corrected chi connectivity index (χ4v) is 3.91. The molecule has 208 valence electrons. The van der Waals surface area contributed by atoms with E-state index in [4.69, 9.17) is 14.2 Å². The first-order chi connectivity index (χ1) is 19.8. The number of nitro benzene ring substituents is 1. The molecule has 0 saturated carbocycles. The first-order valence-corrected chi connectivity index (χ1v) is 12.3. The van der Waals surface area contributed by atoms with Crippen LogP contribution in [-0.4, -0.2) is 36.7 Å². The maximum Gasteiger partial charge on any atom is 0.270 e. The second kappa shape index (κ2) is 12.9. The smallest absolute Gasteiger partial charge is 0.270 e. The number of para-hydroxylation sites is 2. The van der Waals surface area contributed by atoms with Crippen LogP contribution in [0.5, 0.6) is 23.0 Å². The Morgan fingerprint density at radius 2 is 1.44 bits per heavy atom. The first kappa shape index (κ1) is 28.3. The molecule has 0 aliphatic heterocycles. The predicted molar refractivity (Wildman–Crippen MR) is 151 cm³/mol. The summed E-state index contributed by atoms with van der Waals surface area (Å²) in [7, 11) is 2.83. The van der Waals surface area contributed by atoms with Gasteiger partial charge in [0.2, 0.25) is 5.91 Å². The number of nitrogens with zero attached hydrogens (tertiary/aromatic N) is 1. The fourth-order valence-electron chi connectivity index (χ4n) is 3.91. The van der Waals surface area contributed by atoms with Crippen LogP contribution in [-0.2, 0) is 4.79 Å². The average molecular weight is 556 g/mol. The van der Waals surface area contributed by atoms with Crippen molar-refractivity contribution in [3.05, 3.63) is 112 Å². The molecule has 0 spiro atoms. The van der Waals surface area contributed by atoms with E-state index in [-0.39, 0.29) is 39.7 Å². The SMILES string of the molecule is COc1ccc(NC(=O)c2cc([N+](=O)[O-])ccc2Oc2ccccc2)cc1NC(=O)CC(=O)c1ccccc1OC. The van der Waals surface area contributed by atoms with Gasteiger partial charge in [-0.25, -0.2) is 0 Å². The number of hydrogen-bond donors (Lipinski definition) is 2. The molecule has 11 nitrogen and oxygen atoms in total. The molecular weight excluding hydrogens is 530 g/mol. The summed E-state index contributed by atoms with van der Waals surface area (Å²) in [6, 6.07) is 23.4. The van der Waals surface area contributed by atoms with E-state index in [0.29, 0.717) is 11.5 Å². The van der Waals surface area contributed by atoms with E-state index in [0.717, 1.165) is 6.07 Å². The van der Waals surface area contributed by atoms with Gasteiger partial charge in [-0.05, 0) is 48.5 Å². The third-order valence-electron chi connectivity index (χ3n) is 5.85. The number of carbonyl (C=O) groups is 3. The van der Waals surface area contributed by atoms with Gasteiger partial charge in [0.1, 0.15) is 23.0 Å². The Labute approximate surface area is 234 Å². The summed E-state index contributed by atoms with van der Waals surface area (Å²) in [6.07, 6.45) is -0.464. The number of Topliss-reactive ketones (excluding diaryl/α,β-unsaturated/α-hetero) is 1. The zero-order valence-electron chi connectivity index (χ0n) is 22.1. The van der Waals surface area contributed by atoms with Crippen LogP contribution in [0.25, 0.3) is 0 Å². The van der Waals surface area contributed by atoms with Crippen molar-refractivity contribution in [3.8, 4) is 23.0 Å². The quantitative estimate of drug-likeness (QED) is 0.101. The molecule has 0 unspecified atom stereocenters. The third-order valence-corrected chi connectivity index (χ3v) is 5.85. The summed E-state index contributed by atoms with van der Waals surface area (Å²) in [4.78, 5) is 49.5. The Balaban J connectivity index is 1.54. The molecule has 0 radical (unpaired) electrons. The van der Waals surface area contributed by atoms with Crippen LogP contribution in [0.3, 0.4) is 0 Å². The Morgan fingerprint density at radius 3 is 2.15 bits per heavy atom. The zero-order chi connectivity index (χ0) is 29.4. The lowest BCUT2D eigenvalue weighted by molar-refractivity contribution is -0.384. The molecular formula is C30H25N3O8. The number of ether oxygens (including phenoxy) is 3. The van der Waals surface area contributed by atoms with Gasteiger partial charge in [-0.15, -0.1) is 0 Å². The molecule has 0 heterocycles. The Hall–Kier alpha value is -5.71. The summed E-state index contributed by atoms with van der Waals surface area (Å²) in [6.45, 7) is 0. The van der Waals surface area contributed by atoms with E-state index in [9.17, 15) is 24.5 Å². The van der Waals surface area contributed by atoms with E-state index in [1.807, 2.05) is 0 Å². The third kappa shape index (κ3) is 7.03. The second-order valence-electron chi connectivity index (χ2n) is 8.57. The minimum Gasteiger partial charge on any atom is -0.496 e. The fraction of sp³-hybridized carbons (Fsp3) is 0.100. The number of nitro groups is 1. The molecule has 2 N–H and O–H groups in total. The molecule has 0 aliphatic rings. The maximum atomic E-state index is 13.3. The number of rotatable bonds is 11. The van der Waals surface area contributed by atoms with Gasteiger partial charge >= 0.3 is 0 Å². The highest BCUT2D eigenvalue weighted by Crippen LogP contribution is 2.32. The topological polar surface area (TPSA) is 146 Å². The van der Waals surface area contributed by atoms with E-state index < -0.39 is 28.9 Å². The molecule has 0 bridgehead atoms. The Kier molecular flexibility index (Phi) is 8.90. The number of anilines is 2. The molecule has 0 aromatic heterocycles. The summed E-state index contributed by atoms with van der Waals surface area (Å²) in [5.74, 6) is -0.564. The number of methoxy groups -OCH3 is 2. The van der Waals surface area contributed by atoms with Crippen molar-refractivity contribution >= 4 is 34.7 Å². The van der Waals surface area contributed by atoms with Crippen molar-refractivity contribution in [2.45, 2.75) is 6.42 Å². The van der Waals surface area contributed by atoms with Crippen LogP contribution in [0.1, 0.15) is 27.1 Å². The number of nitrogens with one attached hydrogen (secondary N) is 2. The minimum atomic E-state index is -0.687. The lowest BCUT2D eigenvalue weighted by Crippen LogP contribution is -2.18. The number of carbonyl (C=O) groups excluding carboxylic acids is 3. The lowest BCUT2D eigenvalue weighted by Gasteiger charge is -2.14. The van der Waals surface area contributed by atoms with Crippen LogP contribution in [0.4, 0.5) is 17.1 Å². The lowest BCUT2D eigenvalue weighted by atomic mass is 10.1. The highest BCUT2D eigenvalue weighted by atomic mass is 16.6. The van der Waals surface area contributed by atoms with Crippen LogP contribution < -0.4 is 24.8 Å². The largest absolute Gasteiger partial charge is 0.496 e. The van der Waals surface area contributed by atoms with Crippen LogP contribution in [0.2, 0.25) is 0 Å². The monoisotopic (exact) mass is 555 g/mol. The minimum absolute atomic E-state index is 0.0770. The van der Waals surface area contributed by atoms with Gasteiger partial charge in [0.15, 0.2) is 5.78 Å². The molecule has 41 heavy (non-hydrogen) atoms. The number of hydrogen-bond acceptors (Lipinski definition) is 8. The van der Waals surface area contributed by atoms with Crippen LogP contribution in [0, 0.1) is 10.1 Å². The predicted octanol–water partition coefficient (Wildman–Crippen LogP) is 5.87. The zero-order valence-corrected chi connectivity index (χ0v) is 22.1. The van der Waals surface area contributed by atoms with Crippen molar-refractivity contribution in [1.82, 2.24) is 0 Å². The molecule has 0 fully saturated rings. The number of ketones is 1. The van der Waals surface area contributed by atoms with Crippen molar-refractivity contribution < 1.29 is 33.5 Å². The molecule has 11 heteroatoms. The highest BCUT2D eigenvalue weighted by molar-refractivity contribution is 6.12. The number of amides is 2. The van der Waals surface area contributed by atoms with Crippen molar-refractivity contribution in [2.75, 3.05) is 24.9 Å². The van der Waals surface area contributed by atoms with E-state index in [1.165, 1.54) is 44.6 Å². The standard InChI is InChI=1S/C30H25N3O8/c1-39-26-11-7-6-10-22(26)25(34)18-29(35)32-24-16-19(12-14-28(24)40-2)31-30(36)23-17-20(33(37)38)13-15-27(23)41-21-8-4-3-5-9-21/h3-17H,18H2,1-2H3,(H,31,36)(H,32,35). The summed E-state index contributed by atoms with van der Waals surface area (Å²) < 4.78 is 16.3. The Morgan fingerprint density at radius 1 is 0.756 bits per heavy atom. The summed E-state index contributed by atoms with van der Waals surface area (Å²) in [5.41, 5.74) is 0.343.